The predicted octanol–water partition coefficient (Wildman–Crippen LogP) is 2.08. The number of pyridine rings is 1. The topological polar surface area (TPSA) is 90.7 Å². The Kier molecular flexibility index (Phi) is 7.36. The molecule has 2 aromatic heterocycles. The summed E-state index contributed by atoms with van der Waals surface area (Å²) in [7, 11) is 2.12. The molecule has 33 heavy (non-hydrogen) atoms. The van der Waals surface area contributed by atoms with Crippen molar-refractivity contribution in [2.24, 2.45) is 0 Å². The molecule has 0 spiro atoms. The van der Waals surface area contributed by atoms with Crippen molar-refractivity contribution in [2.45, 2.75) is 19.0 Å². The second kappa shape index (κ2) is 10.8. The van der Waals surface area contributed by atoms with Crippen LogP contribution in [0.2, 0.25) is 0 Å². The van der Waals surface area contributed by atoms with Gasteiger partial charge >= 0.3 is 0 Å². The van der Waals surface area contributed by atoms with E-state index in [9.17, 15) is 9.59 Å². The van der Waals surface area contributed by atoms with Crippen molar-refractivity contribution in [1.82, 2.24) is 20.5 Å². The molecule has 2 N–H and O–H groups in total. The Morgan fingerprint density at radius 1 is 1.00 bits per heavy atom. The molecule has 0 bridgehead atoms. The number of benzene rings is 1. The molecule has 172 valence electrons. The Morgan fingerprint density at radius 3 is 2.45 bits per heavy atom. The summed E-state index contributed by atoms with van der Waals surface area (Å²) in [6.45, 7) is 4.28. The number of likely N-dealkylation sites (N-methyl/N-ethyl adjacent to an activating group) is 1. The first kappa shape index (κ1) is 22.5. The summed E-state index contributed by atoms with van der Waals surface area (Å²) in [6.07, 6.45) is 3.60. The lowest BCUT2D eigenvalue weighted by atomic mass is 10.0. The van der Waals surface area contributed by atoms with Gasteiger partial charge in [-0.2, -0.15) is 0 Å². The number of piperazine rings is 1. The number of hydrogen-bond acceptors (Lipinski definition) is 6. The van der Waals surface area contributed by atoms with Crippen LogP contribution in [0, 0.1) is 0 Å². The lowest BCUT2D eigenvalue weighted by Crippen LogP contribution is -2.47. The lowest BCUT2D eigenvalue weighted by molar-refractivity contribution is -0.123. The molecule has 3 heterocycles. The van der Waals surface area contributed by atoms with E-state index in [2.05, 4.69) is 32.5 Å². The molecule has 1 fully saturated rings. The molecule has 8 nitrogen and oxygen atoms in total. The normalized spacial score (nSPS) is 15.1. The summed E-state index contributed by atoms with van der Waals surface area (Å²) < 4.78 is 5.16. The first-order valence-corrected chi connectivity index (χ1v) is 11.1. The van der Waals surface area contributed by atoms with E-state index >= 15 is 0 Å². The largest absolute Gasteiger partial charge is 0.459 e. The molecule has 0 radical (unpaired) electrons. The van der Waals surface area contributed by atoms with Crippen LogP contribution in [0.3, 0.4) is 0 Å². The van der Waals surface area contributed by atoms with E-state index in [-0.39, 0.29) is 11.7 Å². The van der Waals surface area contributed by atoms with Crippen LogP contribution >= 0.6 is 0 Å². The summed E-state index contributed by atoms with van der Waals surface area (Å²) >= 11 is 0. The molecule has 0 aliphatic carbocycles. The van der Waals surface area contributed by atoms with Crippen LogP contribution < -0.4 is 15.5 Å². The Labute approximate surface area is 193 Å². The van der Waals surface area contributed by atoms with Gasteiger partial charge in [0.05, 0.1) is 6.26 Å². The average Bonchev–Trinajstić information content (AvgIpc) is 3.39. The van der Waals surface area contributed by atoms with Crippen molar-refractivity contribution < 1.29 is 14.0 Å². The molecule has 3 aromatic rings. The number of hydrogen-bond donors (Lipinski definition) is 2. The zero-order valence-corrected chi connectivity index (χ0v) is 18.7. The molecule has 8 heteroatoms. The highest BCUT2D eigenvalue weighted by Crippen LogP contribution is 2.14. The minimum atomic E-state index is -0.734. The van der Waals surface area contributed by atoms with Crippen molar-refractivity contribution in [3.63, 3.8) is 0 Å². The third kappa shape index (κ3) is 6.20. The van der Waals surface area contributed by atoms with Crippen molar-refractivity contribution >= 4 is 17.6 Å². The summed E-state index contributed by atoms with van der Waals surface area (Å²) in [4.78, 5) is 34.6. The van der Waals surface area contributed by atoms with Crippen LogP contribution in [-0.2, 0) is 17.8 Å². The second-order valence-corrected chi connectivity index (χ2v) is 8.23. The van der Waals surface area contributed by atoms with Crippen molar-refractivity contribution in [2.75, 3.05) is 38.1 Å². The molecule has 2 amide bonds. The highest BCUT2D eigenvalue weighted by atomic mass is 16.3. The SMILES string of the molecule is CN1CCN(c2ccc(CNC(=O)C(Cc3ccccc3)NC(=O)c3ccco3)cn2)CC1. The minimum absolute atomic E-state index is 0.171. The molecule has 1 aromatic carbocycles. The number of carbonyl (C=O) groups is 2. The van der Waals surface area contributed by atoms with Gasteiger partial charge in [-0.25, -0.2) is 4.98 Å². The van der Waals surface area contributed by atoms with Gasteiger partial charge in [0.15, 0.2) is 5.76 Å². The average molecular weight is 448 g/mol. The number of amides is 2. The minimum Gasteiger partial charge on any atom is -0.459 e. The van der Waals surface area contributed by atoms with E-state index in [1.807, 2.05) is 42.5 Å². The first-order valence-electron chi connectivity index (χ1n) is 11.1. The Balaban J connectivity index is 1.37. The van der Waals surface area contributed by atoms with E-state index in [4.69, 9.17) is 4.42 Å². The summed E-state index contributed by atoms with van der Waals surface area (Å²) in [5.74, 6) is 0.437. The summed E-state index contributed by atoms with van der Waals surface area (Å²) in [5.41, 5.74) is 1.85. The first-order chi connectivity index (χ1) is 16.1. The fraction of sp³-hybridized carbons (Fsp3) is 0.320. The molecule has 1 saturated heterocycles. The number of nitrogens with one attached hydrogen (secondary N) is 2. The Hall–Kier alpha value is -3.65. The van der Waals surface area contributed by atoms with Gasteiger partial charge in [-0.3, -0.25) is 9.59 Å². The molecule has 1 aliphatic heterocycles. The van der Waals surface area contributed by atoms with E-state index < -0.39 is 11.9 Å². The van der Waals surface area contributed by atoms with Gasteiger partial charge in [-0.05, 0) is 36.4 Å². The standard InChI is InChI=1S/C25H29N5O3/c1-29-11-13-30(14-12-29)23-10-9-20(17-26-23)18-27-24(31)21(16-19-6-3-2-4-7-19)28-25(32)22-8-5-15-33-22/h2-10,15,17,21H,11-14,16,18H2,1H3,(H,27,31)(H,28,32). The van der Waals surface area contributed by atoms with Crippen molar-refractivity contribution in [1.29, 1.82) is 0 Å². The van der Waals surface area contributed by atoms with Crippen LogP contribution in [-0.4, -0.2) is 61.0 Å². The third-order valence-electron chi connectivity index (χ3n) is 5.75. The van der Waals surface area contributed by atoms with Crippen molar-refractivity contribution in [3.05, 3.63) is 83.9 Å². The molecule has 1 unspecified atom stereocenters. The molecule has 4 rings (SSSR count). The summed E-state index contributed by atoms with van der Waals surface area (Å²) in [6, 6.07) is 16.0. The maximum Gasteiger partial charge on any atom is 0.287 e. The van der Waals surface area contributed by atoms with Gasteiger partial charge < -0.3 is 24.9 Å². The van der Waals surface area contributed by atoms with Crippen LogP contribution in [0.5, 0.6) is 0 Å². The molecule has 0 saturated carbocycles. The van der Waals surface area contributed by atoms with Crippen LogP contribution in [0.25, 0.3) is 0 Å². The fourth-order valence-electron chi connectivity index (χ4n) is 3.75. The Morgan fingerprint density at radius 2 is 1.79 bits per heavy atom. The number of furan rings is 1. The van der Waals surface area contributed by atoms with Gasteiger partial charge in [-0.15, -0.1) is 0 Å². The maximum atomic E-state index is 13.0. The zero-order chi connectivity index (χ0) is 23.0. The van der Waals surface area contributed by atoms with Gasteiger partial charge in [0.2, 0.25) is 5.91 Å². The maximum absolute atomic E-state index is 13.0. The summed E-state index contributed by atoms with van der Waals surface area (Å²) in [5, 5.41) is 5.72. The lowest BCUT2D eigenvalue weighted by Gasteiger charge is -2.33. The second-order valence-electron chi connectivity index (χ2n) is 8.23. The molecule has 1 aliphatic rings. The van der Waals surface area contributed by atoms with Gasteiger partial charge in [-0.1, -0.05) is 36.4 Å². The van der Waals surface area contributed by atoms with E-state index in [0.717, 1.165) is 43.1 Å². The van der Waals surface area contributed by atoms with Gasteiger partial charge in [0.25, 0.3) is 5.91 Å². The highest BCUT2D eigenvalue weighted by molar-refractivity contribution is 5.95. The van der Waals surface area contributed by atoms with E-state index in [1.54, 1.807) is 18.3 Å². The Bertz CT molecular complexity index is 1030. The quantitative estimate of drug-likeness (QED) is 0.550. The molecular formula is C25H29N5O3. The van der Waals surface area contributed by atoms with Gasteiger partial charge in [0.1, 0.15) is 11.9 Å². The highest BCUT2D eigenvalue weighted by Gasteiger charge is 2.23. The molecule has 1 atom stereocenters. The zero-order valence-electron chi connectivity index (χ0n) is 18.7. The van der Waals surface area contributed by atoms with Crippen molar-refractivity contribution in [3.8, 4) is 0 Å². The predicted molar refractivity (Wildman–Crippen MR) is 126 cm³/mol. The smallest absolute Gasteiger partial charge is 0.287 e. The molecular weight excluding hydrogens is 418 g/mol. The van der Waals surface area contributed by atoms with E-state index in [0.29, 0.717) is 13.0 Å². The van der Waals surface area contributed by atoms with Gasteiger partial charge in [0, 0.05) is 45.3 Å². The number of nitrogens with zero attached hydrogens (tertiary/aromatic N) is 3. The number of carbonyl (C=O) groups excluding carboxylic acids is 2. The number of aromatic nitrogens is 1. The number of anilines is 1. The van der Waals surface area contributed by atoms with Crippen LogP contribution in [0.1, 0.15) is 21.7 Å². The number of rotatable bonds is 8. The van der Waals surface area contributed by atoms with E-state index in [1.165, 1.54) is 6.26 Å². The fourth-order valence-corrected chi connectivity index (χ4v) is 3.75. The van der Waals surface area contributed by atoms with Crippen LogP contribution in [0.4, 0.5) is 5.82 Å². The third-order valence-corrected chi connectivity index (χ3v) is 5.75. The van der Waals surface area contributed by atoms with Crippen LogP contribution in [0.15, 0.2) is 71.5 Å². The monoisotopic (exact) mass is 447 g/mol.